The van der Waals surface area contributed by atoms with E-state index in [0.717, 1.165) is 23.3 Å². The molecule has 1 unspecified atom stereocenters. The van der Waals surface area contributed by atoms with Crippen LogP contribution < -0.4 is 5.32 Å². The molecule has 7 heteroatoms. The molecular formula is C17H19N3O4. The van der Waals surface area contributed by atoms with Gasteiger partial charge in [0.25, 0.3) is 5.91 Å². The van der Waals surface area contributed by atoms with Crippen molar-refractivity contribution in [3.63, 3.8) is 0 Å². The van der Waals surface area contributed by atoms with E-state index in [0.29, 0.717) is 18.7 Å². The Morgan fingerprint density at radius 1 is 1.25 bits per heavy atom. The lowest BCUT2D eigenvalue weighted by molar-refractivity contribution is -0.125. The maximum Gasteiger partial charge on any atom is 0.324 e. The number of likely N-dealkylation sites (tertiary alicyclic amines) is 1. The summed E-state index contributed by atoms with van der Waals surface area (Å²) in [5, 5.41) is 12.5. The lowest BCUT2D eigenvalue weighted by atomic mass is 10.0. The summed E-state index contributed by atoms with van der Waals surface area (Å²) in [6.45, 7) is 1.25. The molecule has 3 fully saturated rings. The minimum absolute atomic E-state index is 0.0362. The third-order valence-electron chi connectivity index (χ3n) is 5.26. The first kappa shape index (κ1) is 15.1. The lowest BCUT2D eigenvalue weighted by Gasteiger charge is -2.17. The van der Waals surface area contributed by atoms with Gasteiger partial charge in [0.15, 0.2) is 0 Å². The Labute approximate surface area is 139 Å². The average molecular weight is 329 g/mol. The topological polar surface area (TPSA) is 90.0 Å². The van der Waals surface area contributed by atoms with Crippen molar-refractivity contribution in [3.8, 4) is 0 Å². The fourth-order valence-electron chi connectivity index (χ4n) is 3.49. The molecule has 0 aromatic heterocycles. The van der Waals surface area contributed by atoms with E-state index in [-0.39, 0.29) is 36.3 Å². The van der Waals surface area contributed by atoms with Crippen molar-refractivity contribution in [1.29, 1.82) is 0 Å². The molecule has 0 bridgehead atoms. The number of imide groups is 1. The monoisotopic (exact) mass is 329 g/mol. The molecule has 1 aromatic carbocycles. The van der Waals surface area contributed by atoms with Crippen LogP contribution in [0.3, 0.4) is 0 Å². The molecule has 2 heterocycles. The number of rotatable bonds is 3. The number of aliphatic hydroxyl groups is 1. The van der Waals surface area contributed by atoms with E-state index in [1.54, 1.807) is 29.2 Å². The first-order valence-corrected chi connectivity index (χ1v) is 8.13. The predicted molar refractivity (Wildman–Crippen MR) is 84.0 cm³/mol. The molecule has 4 amide bonds. The number of nitrogens with zero attached hydrogens (tertiary/aromatic N) is 2. The molecule has 3 aliphatic rings. The van der Waals surface area contributed by atoms with E-state index in [1.807, 2.05) is 0 Å². The highest BCUT2D eigenvalue weighted by Gasteiger charge is 2.55. The minimum atomic E-state index is -0.416. The van der Waals surface area contributed by atoms with Crippen LogP contribution in [0.5, 0.6) is 0 Å². The van der Waals surface area contributed by atoms with E-state index in [9.17, 15) is 19.5 Å². The lowest BCUT2D eigenvalue weighted by Crippen LogP contribution is -2.30. The maximum atomic E-state index is 12.6. The van der Waals surface area contributed by atoms with Crippen LogP contribution >= 0.6 is 0 Å². The van der Waals surface area contributed by atoms with E-state index < -0.39 is 6.10 Å². The number of amides is 4. The van der Waals surface area contributed by atoms with Crippen LogP contribution in [0, 0.1) is 5.41 Å². The summed E-state index contributed by atoms with van der Waals surface area (Å²) in [5.41, 5.74) is 1.29. The molecule has 1 aliphatic carbocycles. The summed E-state index contributed by atoms with van der Waals surface area (Å²) in [4.78, 5) is 38.6. The Morgan fingerprint density at radius 3 is 2.50 bits per heavy atom. The second-order valence-electron chi connectivity index (χ2n) is 6.90. The van der Waals surface area contributed by atoms with Gasteiger partial charge in [-0.15, -0.1) is 0 Å². The number of urea groups is 1. The fourth-order valence-corrected chi connectivity index (χ4v) is 3.49. The van der Waals surface area contributed by atoms with Crippen molar-refractivity contribution in [2.24, 2.45) is 5.41 Å². The molecule has 2 N–H and O–H groups in total. The zero-order valence-electron chi connectivity index (χ0n) is 13.2. The van der Waals surface area contributed by atoms with Gasteiger partial charge in [0.05, 0.1) is 19.2 Å². The van der Waals surface area contributed by atoms with E-state index >= 15 is 0 Å². The van der Waals surface area contributed by atoms with Crippen molar-refractivity contribution in [2.45, 2.75) is 25.5 Å². The van der Waals surface area contributed by atoms with Gasteiger partial charge in [-0.3, -0.25) is 14.5 Å². The van der Waals surface area contributed by atoms with Crippen molar-refractivity contribution in [2.75, 3.05) is 19.6 Å². The molecule has 4 rings (SSSR count). The fraction of sp³-hybridized carbons (Fsp3) is 0.471. The van der Waals surface area contributed by atoms with Gasteiger partial charge in [-0.25, -0.2) is 4.79 Å². The Morgan fingerprint density at radius 2 is 1.96 bits per heavy atom. The Kier molecular flexibility index (Phi) is 3.35. The summed E-state index contributed by atoms with van der Waals surface area (Å²) in [7, 11) is 0. The zero-order valence-corrected chi connectivity index (χ0v) is 13.2. The molecule has 0 radical (unpaired) electrons. The van der Waals surface area contributed by atoms with E-state index in [4.69, 9.17) is 0 Å². The SMILES string of the molecule is O=C(c1ccc(CN2C(=O)CNC2=O)cc1)N1CC(O)C2(CC2)C1. The van der Waals surface area contributed by atoms with Crippen LogP contribution in [-0.2, 0) is 11.3 Å². The first-order chi connectivity index (χ1) is 11.5. The quantitative estimate of drug-likeness (QED) is 0.782. The number of carbonyl (C=O) groups excluding carboxylic acids is 3. The van der Waals surface area contributed by atoms with Crippen molar-refractivity contribution in [3.05, 3.63) is 35.4 Å². The number of hydrogen-bond acceptors (Lipinski definition) is 4. The predicted octanol–water partition coefficient (Wildman–Crippen LogP) is 0.335. The Balaban J connectivity index is 1.43. The Bertz CT molecular complexity index is 695. The minimum Gasteiger partial charge on any atom is -0.391 e. The van der Waals surface area contributed by atoms with Crippen molar-refractivity contribution in [1.82, 2.24) is 15.1 Å². The Hall–Kier alpha value is -2.41. The number of carbonyl (C=O) groups is 3. The highest BCUT2D eigenvalue weighted by molar-refractivity contribution is 6.01. The maximum absolute atomic E-state index is 12.6. The normalized spacial score (nSPS) is 24.6. The number of benzene rings is 1. The highest BCUT2D eigenvalue weighted by Crippen LogP contribution is 2.52. The number of β-amino-alcohol motifs (C(OH)–C–C–N with tert-alkyl or cyclic N) is 1. The van der Waals surface area contributed by atoms with Gasteiger partial charge in [-0.05, 0) is 30.5 Å². The molecule has 1 aromatic rings. The van der Waals surface area contributed by atoms with Gasteiger partial charge in [0, 0.05) is 24.1 Å². The van der Waals surface area contributed by atoms with Crippen LogP contribution in [0.2, 0.25) is 0 Å². The third kappa shape index (κ3) is 2.45. The summed E-state index contributed by atoms with van der Waals surface area (Å²) >= 11 is 0. The smallest absolute Gasteiger partial charge is 0.324 e. The largest absolute Gasteiger partial charge is 0.391 e. The van der Waals surface area contributed by atoms with Gasteiger partial charge in [0.2, 0.25) is 5.91 Å². The number of aliphatic hydroxyl groups excluding tert-OH is 1. The molecule has 1 saturated carbocycles. The average Bonchev–Trinajstić information content (AvgIpc) is 3.21. The summed E-state index contributed by atoms with van der Waals surface area (Å²) in [6.07, 6.45) is 1.56. The molecule has 126 valence electrons. The third-order valence-corrected chi connectivity index (χ3v) is 5.26. The molecule has 2 saturated heterocycles. The van der Waals surface area contributed by atoms with Crippen molar-refractivity contribution >= 4 is 17.8 Å². The molecule has 1 spiro atoms. The molecule has 7 nitrogen and oxygen atoms in total. The van der Waals surface area contributed by atoms with Gasteiger partial charge in [0.1, 0.15) is 0 Å². The molecular weight excluding hydrogens is 310 g/mol. The standard InChI is InChI=1S/C17H19N3O4/c21-13-9-19(10-17(13)5-6-17)15(23)12-3-1-11(2-4-12)8-20-14(22)7-18-16(20)24/h1-4,13,21H,5-10H2,(H,18,24). The number of nitrogens with one attached hydrogen (secondary N) is 1. The van der Waals surface area contributed by atoms with Gasteiger partial charge in [-0.2, -0.15) is 0 Å². The van der Waals surface area contributed by atoms with Gasteiger partial charge >= 0.3 is 6.03 Å². The summed E-state index contributed by atoms with van der Waals surface area (Å²) in [5.74, 6) is -0.333. The van der Waals surface area contributed by atoms with Crippen LogP contribution in [0.4, 0.5) is 4.79 Å². The number of hydrogen-bond donors (Lipinski definition) is 2. The van der Waals surface area contributed by atoms with Crippen LogP contribution in [0.15, 0.2) is 24.3 Å². The van der Waals surface area contributed by atoms with Crippen LogP contribution in [-0.4, -0.2) is 58.5 Å². The van der Waals surface area contributed by atoms with Gasteiger partial charge < -0.3 is 15.3 Å². The summed E-state index contributed by atoms with van der Waals surface area (Å²) in [6, 6.07) is 6.54. The second-order valence-corrected chi connectivity index (χ2v) is 6.90. The zero-order chi connectivity index (χ0) is 16.9. The highest BCUT2D eigenvalue weighted by atomic mass is 16.3. The second kappa shape index (κ2) is 5.31. The van der Waals surface area contributed by atoms with E-state index in [2.05, 4.69) is 5.32 Å². The molecule has 24 heavy (non-hydrogen) atoms. The molecule has 2 aliphatic heterocycles. The van der Waals surface area contributed by atoms with Crippen LogP contribution in [0.1, 0.15) is 28.8 Å². The molecule has 1 atom stereocenters. The van der Waals surface area contributed by atoms with Crippen LogP contribution in [0.25, 0.3) is 0 Å². The summed E-state index contributed by atoms with van der Waals surface area (Å²) < 4.78 is 0. The van der Waals surface area contributed by atoms with Crippen molar-refractivity contribution < 1.29 is 19.5 Å². The first-order valence-electron chi connectivity index (χ1n) is 8.13. The van der Waals surface area contributed by atoms with Gasteiger partial charge in [-0.1, -0.05) is 12.1 Å². The van der Waals surface area contributed by atoms with E-state index in [1.165, 1.54) is 0 Å².